The number of aryl methyl sites for hydroxylation is 1. The van der Waals surface area contributed by atoms with Gasteiger partial charge in [-0.05, 0) is 26.0 Å². The fraction of sp³-hybridized carbons (Fsp3) is 0.389. The summed E-state index contributed by atoms with van der Waals surface area (Å²) in [6.45, 7) is 5.84. The molecule has 0 amide bonds. The van der Waals surface area contributed by atoms with Gasteiger partial charge in [0.15, 0.2) is 5.60 Å². The Morgan fingerprint density at radius 1 is 1.35 bits per heavy atom. The van der Waals surface area contributed by atoms with Crippen LogP contribution in [0.4, 0.5) is 0 Å². The van der Waals surface area contributed by atoms with Gasteiger partial charge in [0.1, 0.15) is 11.3 Å². The standard InChI is InChI=1S/C14H13NO2S.C4H9.Li/c1-9-13(18-8-15-9)14(2,16)12-7-10-5-3-4-6-11(10)17-12;1-3-4-2;/h3-8,16H,1-2H3;1,3-4H2,2H3;. The number of nitrogens with zero attached hydrogens (tertiary/aromatic N) is 1. The molecule has 5 heteroatoms. The molecule has 0 saturated heterocycles. The number of furan rings is 1. The molecule has 0 bridgehead atoms. The molecule has 118 valence electrons. The summed E-state index contributed by atoms with van der Waals surface area (Å²) >= 11 is 3.65. The van der Waals surface area contributed by atoms with E-state index in [1.165, 1.54) is 29.3 Å². The molecule has 3 nitrogen and oxygen atoms in total. The molecule has 0 radical (unpaired) electrons. The second kappa shape index (κ2) is 8.17. The van der Waals surface area contributed by atoms with E-state index in [1.54, 1.807) is 12.4 Å². The third-order valence-electron chi connectivity index (χ3n) is 3.80. The molecule has 0 spiro atoms. The first-order valence-electron chi connectivity index (χ1n) is 8.12. The van der Waals surface area contributed by atoms with E-state index in [9.17, 15) is 5.11 Å². The number of hydrogen-bond acceptors (Lipinski definition) is 4. The first-order valence-corrected chi connectivity index (χ1v) is 9.00. The van der Waals surface area contributed by atoms with Crippen LogP contribution < -0.4 is 0 Å². The number of unbranched alkanes of at least 4 members (excludes halogenated alkanes) is 1. The van der Waals surface area contributed by atoms with Gasteiger partial charge in [-0.3, -0.25) is 0 Å². The number of fused-ring (bicyclic) bond motifs is 1. The van der Waals surface area contributed by atoms with Crippen LogP contribution in [0, 0.1) is 6.92 Å². The predicted molar refractivity (Wildman–Crippen MR) is 97.2 cm³/mol. The van der Waals surface area contributed by atoms with Crippen molar-refractivity contribution in [2.45, 2.75) is 44.3 Å². The van der Waals surface area contributed by atoms with E-state index in [0.29, 0.717) is 5.76 Å². The van der Waals surface area contributed by atoms with E-state index in [-0.39, 0.29) is 0 Å². The van der Waals surface area contributed by atoms with Crippen molar-refractivity contribution in [2.75, 3.05) is 0 Å². The van der Waals surface area contributed by atoms with Gasteiger partial charge in [0, 0.05) is 5.39 Å². The summed E-state index contributed by atoms with van der Waals surface area (Å²) in [7, 11) is 0. The van der Waals surface area contributed by atoms with Crippen LogP contribution in [0.3, 0.4) is 0 Å². The zero-order chi connectivity index (χ0) is 16.9. The summed E-state index contributed by atoms with van der Waals surface area (Å²) in [5.41, 5.74) is 2.23. The van der Waals surface area contributed by atoms with Crippen LogP contribution in [-0.4, -0.2) is 27.8 Å². The number of para-hydroxylation sites is 1. The van der Waals surface area contributed by atoms with Crippen LogP contribution in [-0.2, 0) is 5.60 Å². The van der Waals surface area contributed by atoms with Gasteiger partial charge in [-0.2, -0.15) is 0 Å². The summed E-state index contributed by atoms with van der Waals surface area (Å²) < 4.78 is 5.74. The Labute approximate surface area is 151 Å². The normalized spacial score (nSPS) is 13.5. The summed E-state index contributed by atoms with van der Waals surface area (Å²) in [5.74, 6) is 0.552. The van der Waals surface area contributed by atoms with E-state index in [4.69, 9.17) is 4.42 Å². The molecule has 1 aromatic carbocycles. The van der Waals surface area contributed by atoms with Gasteiger partial charge >= 0.3 is 42.6 Å². The first-order chi connectivity index (χ1) is 11.0. The van der Waals surface area contributed by atoms with Crippen molar-refractivity contribution >= 4 is 40.0 Å². The Morgan fingerprint density at radius 2 is 2.09 bits per heavy atom. The Kier molecular flexibility index (Phi) is 6.49. The van der Waals surface area contributed by atoms with Crippen molar-refractivity contribution in [1.82, 2.24) is 4.98 Å². The van der Waals surface area contributed by atoms with Crippen molar-refractivity contribution in [3.63, 3.8) is 0 Å². The molecule has 1 N–H and O–H groups in total. The summed E-state index contributed by atoms with van der Waals surface area (Å²) in [4.78, 5) is 5.00. The van der Waals surface area contributed by atoms with Crippen molar-refractivity contribution in [3.05, 3.63) is 52.2 Å². The zero-order valence-corrected chi connectivity index (χ0v) is 15.1. The Balaban J connectivity index is 0.000000338. The molecular weight excluding hydrogens is 301 g/mol. The Morgan fingerprint density at radius 3 is 2.61 bits per heavy atom. The molecule has 2 aromatic heterocycles. The van der Waals surface area contributed by atoms with Crippen LogP contribution in [0.1, 0.15) is 43.0 Å². The maximum atomic E-state index is 10.7. The number of rotatable bonds is 4. The molecule has 3 aromatic rings. The molecule has 0 aliphatic carbocycles. The van der Waals surface area contributed by atoms with E-state index >= 15 is 0 Å². The molecule has 0 fully saturated rings. The van der Waals surface area contributed by atoms with Gasteiger partial charge in [0.2, 0.25) is 0 Å². The third kappa shape index (κ3) is 4.27. The fourth-order valence-electron chi connectivity index (χ4n) is 2.46. The van der Waals surface area contributed by atoms with Crippen molar-refractivity contribution in [2.24, 2.45) is 0 Å². The van der Waals surface area contributed by atoms with Crippen molar-refractivity contribution in [3.8, 4) is 0 Å². The second-order valence-electron chi connectivity index (χ2n) is 5.84. The topological polar surface area (TPSA) is 46.3 Å². The first kappa shape index (κ1) is 18.3. The van der Waals surface area contributed by atoms with Crippen molar-refractivity contribution in [1.29, 1.82) is 0 Å². The van der Waals surface area contributed by atoms with Gasteiger partial charge in [-0.25, -0.2) is 4.98 Å². The molecule has 3 rings (SSSR count). The van der Waals surface area contributed by atoms with Gasteiger partial charge in [-0.1, -0.05) is 18.2 Å². The van der Waals surface area contributed by atoms with Crippen LogP contribution in [0.5, 0.6) is 0 Å². The molecule has 0 aliphatic heterocycles. The maximum absolute atomic E-state index is 10.7. The van der Waals surface area contributed by atoms with E-state index in [1.807, 2.05) is 37.3 Å². The Hall–Kier alpha value is -1.05. The number of benzene rings is 1. The quantitative estimate of drug-likeness (QED) is 0.700. The second-order valence-corrected chi connectivity index (χ2v) is 6.70. The average Bonchev–Trinajstić information content (AvgIpc) is 3.15. The minimum atomic E-state index is -1.13. The van der Waals surface area contributed by atoms with Crippen LogP contribution in [0.2, 0.25) is 5.09 Å². The van der Waals surface area contributed by atoms with Gasteiger partial charge in [0.05, 0.1) is 16.1 Å². The number of aromatic nitrogens is 1. The molecule has 1 unspecified atom stereocenters. The van der Waals surface area contributed by atoms with E-state index in [0.717, 1.165) is 21.5 Å². The molecule has 23 heavy (non-hydrogen) atoms. The molecule has 0 aliphatic rings. The number of aliphatic hydroxyl groups is 1. The van der Waals surface area contributed by atoms with Gasteiger partial charge in [-0.15, -0.1) is 11.3 Å². The van der Waals surface area contributed by atoms with E-state index < -0.39 is 5.60 Å². The third-order valence-corrected chi connectivity index (χ3v) is 4.94. The van der Waals surface area contributed by atoms with Gasteiger partial charge < -0.3 is 9.52 Å². The molecule has 1 atom stereocenters. The predicted octanol–water partition coefficient (Wildman–Crippen LogP) is 4.83. The molecular formula is C18H22LiNO2S. The van der Waals surface area contributed by atoms with Crippen molar-refractivity contribution < 1.29 is 9.52 Å². The Bertz CT molecular complexity index is 713. The number of hydrogen-bond donors (Lipinski definition) is 1. The van der Waals surface area contributed by atoms with Crippen LogP contribution >= 0.6 is 11.3 Å². The van der Waals surface area contributed by atoms with E-state index in [2.05, 4.69) is 29.6 Å². The number of thiazole rings is 1. The summed E-state index contributed by atoms with van der Waals surface area (Å²) in [5, 5.41) is 13.0. The fourth-order valence-corrected chi connectivity index (χ4v) is 3.33. The average molecular weight is 323 g/mol. The SMILES string of the molecule is Cc1ncsc1C(C)(O)c1cc2ccccc2o1.[Li][CH2]CCC. The molecule has 2 heterocycles. The monoisotopic (exact) mass is 323 g/mol. The van der Waals surface area contributed by atoms with Crippen LogP contribution in [0.25, 0.3) is 11.0 Å². The summed E-state index contributed by atoms with van der Waals surface area (Å²) in [6.07, 6.45) is 2.73. The van der Waals surface area contributed by atoms with Crippen LogP contribution in [0.15, 0.2) is 40.3 Å². The van der Waals surface area contributed by atoms with Gasteiger partial charge in [0.25, 0.3) is 0 Å². The summed E-state index contributed by atoms with van der Waals surface area (Å²) in [6, 6.07) is 9.62. The minimum absolute atomic E-state index is 0.552. The molecule has 0 saturated carbocycles. The zero-order valence-electron chi connectivity index (χ0n) is 14.3.